The van der Waals surface area contributed by atoms with Crippen LogP contribution in [-0.4, -0.2) is 12.3 Å². The predicted octanol–water partition coefficient (Wildman–Crippen LogP) is 1.70. The van der Waals surface area contributed by atoms with Gasteiger partial charge < -0.3 is 0 Å². The Labute approximate surface area is 41.5 Å². The third-order valence-corrected chi connectivity index (χ3v) is 1.59. The van der Waals surface area contributed by atoms with E-state index in [4.69, 9.17) is 0 Å². The van der Waals surface area contributed by atoms with Crippen LogP contribution in [0.3, 0.4) is 0 Å². The second kappa shape index (κ2) is 1.42. The SMILES string of the molecule is CC1C(F)CC1F. The van der Waals surface area contributed by atoms with E-state index in [-0.39, 0.29) is 12.3 Å². The summed E-state index contributed by atoms with van der Waals surface area (Å²) in [4.78, 5) is 0. The highest BCUT2D eigenvalue weighted by atomic mass is 19.2. The molecular formula is C5H8F2. The summed E-state index contributed by atoms with van der Waals surface area (Å²) >= 11 is 0. The molecule has 0 bridgehead atoms. The molecule has 1 fully saturated rings. The zero-order valence-corrected chi connectivity index (χ0v) is 4.20. The van der Waals surface area contributed by atoms with Crippen molar-refractivity contribution in [3.63, 3.8) is 0 Å². The van der Waals surface area contributed by atoms with Crippen LogP contribution >= 0.6 is 0 Å². The molecule has 2 atom stereocenters. The lowest BCUT2D eigenvalue weighted by Gasteiger charge is -2.30. The van der Waals surface area contributed by atoms with E-state index in [0.29, 0.717) is 0 Å². The Morgan fingerprint density at radius 1 is 1.29 bits per heavy atom. The summed E-state index contributed by atoms with van der Waals surface area (Å²) in [5.41, 5.74) is 0. The number of rotatable bonds is 0. The molecule has 0 heterocycles. The predicted molar refractivity (Wildman–Crippen MR) is 23.6 cm³/mol. The topological polar surface area (TPSA) is 0 Å². The van der Waals surface area contributed by atoms with E-state index in [2.05, 4.69) is 0 Å². The van der Waals surface area contributed by atoms with E-state index in [1.807, 2.05) is 0 Å². The minimum absolute atomic E-state index is 0.126. The van der Waals surface area contributed by atoms with E-state index >= 15 is 0 Å². The lowest BCUT2D eigenvalue weighted by Crippen LogP contribution is -2.37. The lowest BCUT2D eigenvalue weighted by molar-refractivity contribution is 0.0183. The fraction of sp³-hybridized carbons (Fsp3) is 1.00. The van der Waals surface area contributed by atoms with Crippen LogP contribution in [0.15, 0.2) is 0 Å². The Balaban J connectivity index is 2.29. The molecule has 7 heavy (non-hydrogen) atoms. The Morgan fingerprint density at radius 3 is 1.71 bits per heavy atom. The molecule has 0 aromatic carbocycles. The summed E-state index contributed by atoms with van der Waals surface area (Å²) in [5, 5.41) is 0. The summed E-state index contributed by atoms with van der Waals surface area (Å²) in [7, 11) is 0. The van der Waals surface area contributed by atoms with Crippen LogP contribution in [0.4, 0.5) is 8.78 Å². The molecule has 0 nitrogen and oxygen atoms in total. The number of halogens is 2. The van der Waals surface area contributed by atoms with Crippen LogP contribution in [0.1, 0.15) is 13.3 Å². The van der Waals surface area contributed by atoms with Gasteiger partial charge in [-0.1, -0.05) is 6.92 Å². The van der Waals surface area contributed by atoms with Gasteiger partial charge in [0, 0.05) is 12.3 Å². The Kier molecular flexibility index (Phi) is 1.02. The number of hydrogen-bond donors (Lipinski definition) is 0. The summed E-state index contributed by atoms with van der Waals surface area (Å²) < 4.78 is 23.8. The Bertz CT molecular complexity index is 64.5. The van der Waals surface area contributed by atoms with Crippen molar-refractivity contribution in [2.24, 2.45) is 5.92 Å². The van der Waals surface area contributed by atoms with E-state index in [0.717, 1.165) is 0 Å². The van der Waals surface area contributed by atoms with Crippen LogP contribution < -0.4 is 0 Å². The van der Waals surface area contributed by atoms with Crippen molar-refractivity contribution in [3.8, 4) is 0 Å². The molecule has 1 aliphatic rings. The molecule has 0 saturated heterocycles. The first-order chi connectivity index (χ1) is 3.22. The van der Waals surface area contributed by atoms with Crippen LogP contribution in [-0.2, 0) is 0 Å². The molecule has 42 valence electrons. The number of hydrogen-bond acceptors (Lipinski definition) is 0. The molecule has 2 heteroatoms. The highest BCUT2D eigenvalue weighted by molar-refractivity contribution is 4.85. The maximum Gasteiger partial charge on any atom is 0.108 e. The molecule has 1 rings (SSSR count). The molecule has 0 spiro atoms. The van der Waals surface area contributed by atoms with Gasteiger partial charge in [0.2, 0.25) is 0 Å². The molecule has 0 radical (unpaired) electrons. The zero-order chi connectivity index (χ0) is 5.44. The quantitative estimate of drug-likeness (QED) is 0.441. The van der Waals surface area contributed by atoms with Gasteiger partial charge in [0.25, 0.3) is 0 Å². The van der Waals surface area contributed by atoms with Gasteiger partial charge >= 0.3 is 0 Å². The normalized spacial score (nSPS) is 51.0. The van der Waals surface area contributed by atoms with Crippen LogP contribution in [0.25, 0.3) is 0 Å². The fourth-order valence-electron chi connectivity index (χ4n) is 0.675. The summed E-state index contributed by atoms with van der Waals surface area (Å²) in [6.07, 6.45) is -1.61. The van der Waals surface area contributed by atoms with Crippen molar-refractivity contribution in [2.45, 2.75) is 25.7 Å². The molecule has 1 saturated carbocycles. The summed E-state index contributed by atoms with van der Waals surface area (Å²) in [6, 6.07) is 0. The Morgan fingerprint density at radius 2 is 1.71 bits per heavy atom. The molecule has 0 aromatic rings. The minimum atomic E-state index is -0.866. The zero-order valence-electron chi connectivity index (χ0n) is 4.20. The van der Waals surface area contributed by atoms with Gasteiger partial charge in [0.1, 0.15) is 12.3 Å². The number of alkyl halides is 2. The largest absolute Gasteiger partial charge is 0.247 e. The van der Waals surface area contributed by atoms with Crippen molar-refractivity contribution >= 4 is 0 Å². The van der Waals surface area contributed by atoms with Crippen molar-refractivity contribution in [1.82, 2.24) is 0 Å². The summed E-state index contributed by atoms with van der Waals surface area (Å²) in [6.45, 7) is 1.60. The van der Waals surface area contributed by atoms with Crippen molar-refractivity contribution in [3.05, 3.63) is 0 Å². The summed E-state index contributed by atoms with van der Waals surface area (Å²) in [5.74, 6) is -0.333. The monoisotopic (exact) mass is 106 g/mol. The van der Waals surface area contributed by atoms with Gasteiger partial charge in [-0.2, -0.15) is 0 Å². The molecule has 1 aliphatic carbocycles. The van der Waals surface area contributed by atoms with Crippen molar-refractivity contribution < 1.29 is 8.78 Å². The van der Waals surface area contributed by atoms with Crippen LogP contribution in [0, 0.1) is 5.92 Å². The molecule has 0 amide bonds. The first-order valence-electron chi connectivity index (χ1n) is 2.50. The highest BCUT2D eigenvalue weighted by Crippen LogP contribution is 2.32. The van der Waals surface area contributed by atoms with Crippen molar-refractivity contribution in [1.29, 1.82) is 0 Å². The molecule has 0 aliphatic heterocycles. The molecule has 0 aromatic heterocycles. The third-order valence-electron chi connectivity index (χ3n) is 1.59. The molecular weight excluding hydrogens is 98.1 g/mol. The van der Waals surface area contributed by atoms with Gasteiger partial charge in [-0.05, 0) is 0 Å². The maximum absolute atomic E-state index is 11.9. The van der Waals surface area contributed by atoms with Gasteiger partial charge in [0.15, 0.2) is 0 Å². The molecule has 0 N–H and O–H groups in total. The first kappa shape index (κ1) is 5.01. The maximum atomic E-state index is 11.9. The second-order valence-corrected chi connectivity index (χ2v) is 2.13. The lowest BCUT2D eigenvalue weighted by atomic mass is 9.83. The molecule has 2 unspecified atom stereocenters. The van der Waals surface area contributed by atoms with E-state index < -0.39 is 12.3 Å². The first-order valence-corrected chi connectivity index (χ1v) is 2.50. The van der Waals surface area contributed by atoms with Gasteiger partial charge in [-0.15, -0.1) is 0 Å². The fourth-order valence-corrected chi connectivity index (χ4v) is 0.675. The minimum Gasteiger partial charge on any atom is -0.247 e. The standard InChI is InChI=1S/C5H8F2/c1-3-4(6)2-5(3)7/h3-5H,2H2,1H3. The van der Waals surface area contributed by atoms with E-state index in [1.165, 1.54) is 0 Å². The van der Waals surface area contributed by atoms with Crippen LogP contribution in [0.5, 0.6) is 0 Å². The van der Waals surface area contributed by atoms with Crippen LogP contribution in [0.2, 0.25) is 0 Å². The van der Waals surface area contributed by atoms with Crippen molar-refractivity contribution in [2.75, 3.05) is 0 Å². The van der Waals surface area contributed by atoms with Gasteiger partial charge in [-0.25, -0.2) is 8.78 Å². The second-order valence-electron chi connectivity index (χ2n) is 2.13. The Hall–Kier alpha value is -0.140. The highest BCUT2D eigenvalue weighted by Gasteiger charge is 2.37. The third kappa shape index (κ3) is 0.621. The van der Waals surface area contributed by atoms with Gasteiger partial charge in [-0.3, -0.25) is 0 Å². The smallest absolute Gasteiger partial charge is 0.108 e. The van der Waals surface area contributed by atoms with E-state index in [1.54, 1.807) is 6.92 Å². The van der Waals surface area contributed by atoms with Gasteiger partial charge in [0.05, 0.1) is 0 Å². The average Bonchev–Trinajstić information content (AvgIpc) is 1.68. The van der Waals surface area contributed by atoms with E-state index in [9.17, 15) is 8.78 Å². The average molecular weight is 106 g/mol.